The first kappa shape index (κ1) is 24.8. The lowest BCUT2D eigenvalue weighted by Gasteiger charge is -2.43. The molecule has 6 heteroatoms. The summed E-state index contributed by atoms with van der Waals surface area (Å²) in [6, 6.07) is 13.8. The van der Waals surface area contributed by atoms with Gasteiger partial charge in [-0.1, -0.05) is 67.8 Å². The zero-order valence-electron chi connectivity index (χ0n) is 18.5. The molecular formula is C26H30BrClO4. The van der Waals surface area contributed by atoms with Gasteiger partial charge >= 0.3 is 5.97 Å². The van der Waals surface area contributed by atoms with Crippen molar-refractivity contribution in [1.29, 1.82) is 0 Å². The molecule has 0 amide bonds. The lowest BCUT2D eigenvalue weighted by atomic mass is 9.74. The highest BCUT2D eigenvalue weighted by Gasteiger charge is 2.40. The molecule has 0 saturated carbocycles. The minimum Gasteiger partial charge on any atom is -0.480 e. The fourth-order valence-electron chi connectivity index (χ4n) is 4.45. The van der Waals surface area contributed by atoms with E-state index in [1.165, 1.54) is 5.56 Å². The summed E-state index contributed by atoms with van der Waals surface area (Å²) >= 11 is 9.66. The zero-order valence-corrected chi connectivity index (χ0v) is 20.9. The number of hydrogen-bond acceptors (Lipinski definition) is 3. The number of unbranched alkanes of at least 4 members (excludes halogenated alkanes) is 1. The van der Waals surface area contributed by atoms with Gasteiger partial charge in [-0.05, 0) is 59.5 Å². The number of carboxylic acids is 1. The van der Waals surface area contributed by atoms with Gasteiger partial charge in [0, 0.05) is 22.4 Å². The van der Waals surface area contributed by atoms with Gasteiger partial charge in [0.05, 0.1) is 16.7 Å². The Morgan fingerprint density at radius 2 is 2.00 bits per heavy atom. The molecule has 4 nitrogen and oxygen atoms in total. The lowest BCUT2D eigenvalue weighted by Crippen LogP contribution is -2.36. The fraction of sp³-hybridized carbons (Fsp3) is 0.423. The largest absolute Gasteiger partial charge is 0.480 e. The predicted molar refractivity (Wildman–Crippen MR) is 132 cm³/mol. The van der Waals surface area contributed by atoms with Crippen molar-refractivity contribution in [2.24, 2.45) is 5.92 Å². The van der Waals surface area contributed by atoms with E-state index in [0.717, 1.165) is 41.8 Å². The molecule has 1 aliphatic heterocycles. The van der Waals surface area contributed by atoms with Crippen molar-refractivity contribution < 1.29 is 19.4 Å². The molecule has 3 rings (SSSR count). The van der Waals surface area contributed by atoms with Gasteiger partial charge in [0.15, 0.2) is 6.61 Å². The van der Waals surface area contributed by atoms with E-state index in [2.05, 4.69) is 41.6 Å². The molecule has 0 spiro atoms. The Morgan fingerprint density at radius 3 is 2.62 bits per heavy atom. The molecular weight excluding hydrogens is 492 g/mol. The lowest BCUT2D eigenvalue weighted by molar-refractivity contribution is -0.139. The van der Waals surface area contributed by atoms with E-state index in [1.807, 2.05) is 37.3 Å². The van der Waals surface area contributed by atoms with E-state index in [1.54, 1.807) is 0 Å². The number of para-hydroxylation sites is 1. The summed E-state index contributed by atoms with van der Waals surface area (Å²) in [7, 11) is 0. The number of benzene rings is 2. The van der Waals surface area contributed by atoms with Crippen LogP contribution in [0.3, 0.4) is 0 Å². The monoisotopic (exact) mass is 520 g/mol. The molecule has 1 saturated heterocycles. The summed E-state index contributed by atoms with van der Waals surface area (Å²) in [5.74, 6) is -0.205. The van der Waals surface area contributed by atoms with Crippen molar-refractivity contribution in [3.05, 3.63) is 75.2 Å². The van der Waals surface area contributed by atoms with Crippen LogP contribution < -0.4 is 4.74 Å². The average molecular weight is 522 g/mol. The maximum Gasteiger partial charge on any atom is 0.341 e. The van der Waals surface area contributed by atoms with Crippen LogP contribution in [0.5, 0.6) is 5.75 Å². The van der Waals surface area contributed by atoms with Crippen LogP contribution in [0.1, 0.15) is 62.7 Å². The van der Waals surface area contributed by atoms with Gasteiger partial charge in [0.1, 0.15) is 5.75 Å². The van der Waals surface area contributed by atoms with Gasteiger partial charge in [-0.2, -0.15) is 0 Å². The van der Waals surface area contributed by atoms with Crippen LogP contribution in [0.15, 0.2) is 59.1 Å². The Balaban J connectivity index is 1.99. The Labute approximate surface area is 203 Å². The Kier molecular flexibility index (Phi) is 8.80. The third-order valence-corrected chi connectivity index (χ3v) is 6.94. The Morgan fingerprint density at radius 1 is 1.28 bits per heavy atom. The smallest absolute Gasteiger partial charge is 0.341 e. The Bertz CT molecular complexity index is 943. The highest BCUT2D eigenvalue weighted by Crippen LogP contribution is 2.50. The van der Waals surface area contributed by atoms with Crippen LogP contribution in [0, 0.1) is 5.92 Å². The molecule has 0 aliphatic carbocycles. The van der Waals surface area contributed by atoms with E-state index >= 15 is 0 Å². The van der Waals surface area contributed by atoms with Gasteiger partial charge in [0.25, 0.3) is 0 Å². The maximum absolute atomic E-state index is 11.1. The second-order valence-corrected chi connectivity index (χ2v) is 9.72. The number of halogens is 2. The summed E-state index contributed by atoms with van der Waals surface area (Å²) in [4.78, 5) is 11.1. The highest BCUT2D eigenvalue weighted by atomic mass is 79.9. The fourth-order valence-corrected chi connectivity index (χ4v) is 5.07. The van der Waals surface area contributed by atoms with Crippen LogP contribution in [-0.4, -0.2) is 23.8 Å². The number of aliphatic carboxylic acids is 1. The minimum atomic E-state index is -1.02. The molecule has 0 bridgehead atoms. The molecule has 0 unspecified atom stereocenters. The number of ether oxygens (including phenoxy) is 2. The minimum absolute atomic E-state index is 0.0306. The first-order valence-electron chi connectivity index (χ1n) is 11.0. The molecule has 2 aromatic rings. The van der Waals surface area contributed by atoms with Gasteiger partial charge < -0.3 is 14.6 Å². The van der Waals surface area contributed by atoms with Gasteiger partial charge in [-0.25, -0.2) is 4.79 Å². The second-order valence-electron chi connectivity index (χ2n) is 8.42. The van der Waals surface area contributed by atoms with E-state index < -0.39 is 12.6 Å². The molecule has 1 aliphatic rings. The van der Waals surface area contributed by atoms with Crippen molar-refractivity contribution in [1.82, 2.24) is 0 Å². The summed E-state index contributed by atoms with van der Waals surface area (Å²) in [5.41, 5.74) is 3.11. The first-order valence-corrected chi connectivity index (χ1v) is 12.2. The molecule has 1 heterocycles. The van der Waals surface area contributed by atoms with Crippen molar-refractivity contribution >= 4 is 33.5 Å². The summed E-state index contributed by atoms with van der Waals surface area (Å²) in [6.07, 6.45) is 3.76. The summed E-state index contributed by atoms with van der Waals surface area (Å²) in [6.45, 7) is 8.06. The van der Waals surface area contributed by atoms with Gasteiger partial charge in [-0.15, -0.1) is 0 Å². The van der Waals surface area contributed by atoms with Crippen LogP contribution in [0.4, 0.5) is 0 Å². The van der Waals surface area contributed by atoms with E-state index in [-0.39, 0.29) is 24.0 Å². The standard InChI is InChI=1S/C26H30BrClO4/c1-4-5-9-23-21(17-10-12-18(28)13-11-17)14-20(16(2)3)25(32-23)19-7-6-8-22(27)26(19)31-15-24(29)30/h6-8,10-13,20-21,23,25H,2,4-5,9,14-15H2,1,3H3,(H,29,30)/t20-,21-,23+,25-/m1/s1. The van der Waals surface area contributed by atoms with E-state index in [0.29, 0.717) is 10.2 Å². The quantitative estimate of drug-likeness (QED) is 0.346. The predicted octanol–water partition coefficient (Wildman–Crippen LogP) is 7.56. The molecule has 0 aromatic heterocycles. The van der Waals surface area contributed by atoms with Crippen LogP contribution in [-0.2, 0) is 9.53 Å². The van der Waals surface area contributed by atoms with E-state index in [4.69, 9.17) is 26.2 Å². The molecule has 4 atom stereocenters. The van der Waals surface area contributed by atoms with Gasteiger partial charge in [0.2, 0.25) is 0 Å². The van der Waals surface area contributed by atoms with E-state index in [9.17, 15) is 4.79 Å². The molecule has 1 fully saturated rings. The summed E-state index contributed by atoms with van der Waals surface area (Å²) < 4.78 is 13.2. The molecule has 32 heavy (non-hydrogen) atoms. The number of carbonyl (C=O) groups is 1. The molecule has 1 N–H and O–H groups in total. The van der Waals surface area contributed by atoms with Crippen LogP contribution in [0.25, 0.3) is 0 Å². The number of rotatable bonds is 9. The highest BCUT2D eigenvalue weighted by molar-refractivity contribution is 9.10. The molecule has 172 valence electrons. The van der Waals surface area contributed by atoms with Crippen molar-refractivity contribution in [2.75, 3.05) is 6.61 Å². The normalized spacial score (nSPS) is 23.0. The van der Waals surface area contributed by atoms with Crippen molar-refractivity contribution in [3.8, 4) is 5.75 Å². The van der Waals surface area contributed by atoms with Crippen molar-refractivity contribution in [3.63, 3.8) is 0 Å². The average Bonchev–Trinajstić information content (AvgIpc) is 2.76. The maximum atomic E-state index is 11.1. The second kappa shape index (κ2) is 11.4. The zero-order chi connectivity index (χ0) is 23.3. The van der Waals surface area contributed by atoms with Gasteiger partial charge in [-0.3, -0.25) is 0 Å². The Hall–Kier alpha value is -1.82. The topological polar surface area (TPSA) is 55.8 Å². The SMILES string of the molecule is C=C(C)[C@H]1C[C@H](c2ccc(Cl)cc2)[C@H](CCCC)O[C@@H]1c1cccc(Br)c1OCC(=O)O. The number of hydrogen-bond donors (Lipinski definition) is 1. The van der Waals surface area contributed by atoms with Crippen LogP contribution >= 0.6 is 27.5 Å². The van der Waals surface area contributed by atoms with Crippen LogP contribution in [0.2, 0.25) is 5.02 Å². The third-order valence-electron chi connectivity index (χ3n) is 6.06. The molecule has 0 radical (unpaired) electrons. The van der Waals surface area contributed by atoms with Crippen molar-refractivity contribution in [2.45, 2.75) is 57.7 Å². The first-order chi connectivity index (χ1) is 15.3. The summed E-state index contributed by atoms with van der Waals surface area (Å²) in [5, 5.41) is 9.85. The molecule has 2 aromatic carbocycles. The third kappa shape index (κ3) is 5.94. The number of carboxylic acid groups (broad SMARTS) is 1.